The molecule has 0 amide bonds. The van der Waals surface area contributed by atoms with Gasteiger partial charge in [0.2, 0.25) is 0 Å². The molecule has 0 radical (unpaired) electrons. The van der Waals surface area contributed by atoms with Gasteiger partial charge in [-0.2, -0.15) is 0 Å². The van der Waals surface area contributed by atoms with Gasteiger partial charge in [0.15, 0.2) is 10.5 Å². The molecule has 4 rings (SSSR count). The van der Waals surface area contributed by atoms with Crippen LogP contribution in [0.25, 0.3) is 11.1 Å². The highest BCUT2D eigenvalue weighted by atomic mass is 35.5. The second-order valence-electron chi connectivity index (χ2n) is 6.77. The normalized spacial score (nSPS) is 30.1. The summed E-state index contributed by atoms with van der Waals surface area (Å²) >= 11 is 6.51. The van der Waals surface area contributed by atoms with Crippen LogP contribution in [0.5, 0.6) is 0 Å². The lowest BCUT2D eigenvalue weighted by atomic mass is 9.45. The topological polar surface area (TPSA) is 101 Å². The summed E-state index contributed by atoms with van der Waals surface area (Å²) in [5, 5.41) is 19.7. The molecule has 0 bridgehead atoms. The van der Waals surface area contributed by atoms with Crippen molar-refractivity contribution in [3.05, 3.63) is 59.7 Å². The lowest BCUT2D eigenvalue weighted by Crippen LogP contribution is -2.76. The van der Waals surface area contributed by atoms with Gasteiger partial charge in [-0.1, -0.05) is 48.5 Å². The van der Waals surface area contributed by atoms with Crippen LogP contribution in [0.2, 0.25) is 0 Å². The Hall–Kier alpha value is -2.86. The van der Waals surface area contributed by atoms with Gasteiger partial charge in [0.05, 0.1) is 0 Å². The molecule has 2 N–H and O–H groups in total. The number of halogens is 1. The van der Waals surface area contributed by atoms with Gasteiger partial charge < -0.3 is 14.9 Å². The second kappa shape index (κ2) is 5.57. The summed E-state index contributed by atoms with van der Waals surface area (Å²) in [7, 11) is 0. The first kappa shape index (κ1) is 17.5. The van der Waals surface area contributed by atoms with Crippen molar-refractivity contribution in [2.24, 2.45) is 5.92 Å². The van der Waals surface area contributed by atoms with Crippen LogP contribution in [0.1, 0.15) is 24.0 Å². The minimum Gasteiger partial charge on any atom is -0.481 e. The first-order chi connectivity index (χ1) is 12.8. The average Bonchev–Trinajstić information content (AvgIpc) is 2.62. The second-order valence-corrected chi connectivity index (χ2v) is 7.37. The Labute approximate surface area is 159 Å². The van der Waals surface area contributed by atoms with Gasteiger partial charge in [0.1, 0.15) is 5.92 Å². The van der Waals surface area contributed by atoms with Gasteiger partial charge in [0.25, 0.3) is 0 Å². The zero-order valence-electron chi connectivity index (χ0n) is 14.2. The third-order valence-corrected chi connectivity index (χ3v) is 6.21. The average molecular weight is 387 g/mol. The third kappa shape index (κ3) is 1.93. The first-order valence-electron chi connectivity index (χ1n) is 8.30. The number of rotatable bonds is 3. The smallest absolute Gasteiger partial charge is 0.330 e. The van der Waals surface area contributed by atoms with Crippen LogP contribution < -0.4 is 0 Å². The molecule has 2 aliphatic carbocycles. The van der Waals surface area contributed by atoms with E-state index in [4.69, 9.17) is 16.3 Å². The minimum atomic E-state index is -2.33. The molecule has 3 unspecified atom stereocenters. The third-order valence-electron chi connectivity index (χ3n) is 5.54. The van der Waals surface area contributed by atoms with Gasteiger partial charge in [-0.3, -0.25) is 14.4 Å². The highest BCUT2D eigenvalue weighted by Gasteiger charge is 2.82. The van der Waals surface area contributed by atoms with E-state index in [-0.39, 0.29) is 0 Å². The SMILES string of the molecule is CC(=O)O[C@]12c3ccccc3-c3ccccc3C1C(C(=O)O)C2(Cl)C(=O)O. The molecular weight excluding hydrogens is 372 g/mol. The van der Waals surface area contributed by atoms with E-state index >= 15 is 0 Å². The summed E-state index contributed by atoms with van der Waals surface area (Å²) in [6.07, 6.45) is 0. The van der Waals surface area contributed by atoms with Gasteiger partial charge in [-0.25, -0.2) is 0 Å². The molecule has 0 heterocycles. The van der Waals surface area contributed by atoms with Gasteiger partial charge >= 0.3 is 17.9 Å². The van der Waals surface area contributed by atoms with Crippen LogP contribution in [0.15, 0.2) is 48.5 Å². The lowest BCUT2D eigenvalue weighted by Gasteiger charge is -2.63. The van der Waals surface area contributed by atoms with Crippen LogP contribution in [-0.2, 0) is 24.7 Å². The summed E-state index contributed by atoms with van der Waals surface area (Å²) in [5.74, 6) is -6.01. The Morgan fingerprint density at radius 3 is 2.19 bits per heavy atom. The number of esters is 1. The molecule has 27 heavy (non-hydrogen) atoms. The van der Waals surface area contributed by atoms with Crippen LogP contribution in [0.3, 0.4) is 0 Å². The van der Waals surface area contributed by atoms with Gasteiger partial charge in [-0.05, 0) is 16.7 Å². The number of carboxylic acids is 2. The van der Waals surface area contributed by atoms with E-state index in [1.807, 2.05) is 12.1 Å². The number of hydrogen-bond donors (Lipinski definition) is 2. The fraction of sp³-hybridized carbons (Fsp3) is 0.250. The number of carbonyl (C=O) groups is 3. The van der Waals surface area contributed by atoms with Crippen LogP contribution in [0.4, 0.5) is 0 Å². The number of ether oxygens (including phenoxy) is 1. The fourth-order valence-electron chi connectivity index (χ4n) is 4.67. The van der Waals surface area contributed by atoms with Crippen molar-refractivity contribution in [1.82, 2.24) is 0 Å². The largest absolute Gasteiger partial charge is 0.481 e. The van der Waals surface area contributed by atoms with E-state index in [1.165, 1.54) is 0 Å². The summed E-state index contributed by atoms with van der Waals surface area (Å²) in [6.45, 7) is 1.15. The number of carboxylic acid groups (broad SMARTS) is 2. The maximum atomic E-state index is 12.2. The first-order valence-corrected chi connectivity index (χ1v) is 8.68. The van der Waals surface area contributed by atoms with E-state index in [1.54, 1.807) is 36.4 Å². The van der Waals surface area contributed by atoms with Gasteiger partial charge in [0, 0.05) is 18.4 Å². The molecule has 6 nitrogen and oxygen atoms in total. The van der Waals surface area contributed by atoms with Crippen molar-refractivity contribution < 1.29 is 29.3 Å². The zero-order valence-corrected chi connectivity index (χ0v) is 14.9. The van der Waals surface area contributed by atoms with Crippen LogP contribution >= 0.6 is 11.6 Å². The van der Waals surface area contributed by atoms with Crippen molar-refractivity contribution in [3.8, 4) is 11.1 Å². The maximum absolute atomic E-state index is 12.2. The molecule has 1 fully saturated rings. The lowest BCUT2D eigenvalue weighted by molar-refractivity contribution is -0.215. The quantitative estimate of drug-likeness (QED) is 0.621. The number of hydrogen-bond acceptors (Lipinski definition) is 4. The molecular formula is C20H15ClO6. The molecule has 4 atom stereocenters. The Morgan fingerprint density at radius 1 is 1.00 bits per heavy atom. The van der Waals surface area contributed by atoms with Crippen molar-refractivity contribution >= 4 is 29.5 Å². The van der Waals surface area contributed by atoms with E-state index in [0.29, 0.717) is 16.7 Å². The van der Waals surface area contributed by atoms with Gasteiger partial charge in [-0.15, -0.1) is 11.6 Å². The monoisotopic (exact) mass is 386 g/mol. The Kier molecular flexibility index (Phi) is 3.62. The van der Waals surface area contributed by atoms with E-state index in [2.05, 4.69) is 0 Å². The van der Waals surface area contributed by atoms with E-state index in [9.17, 15) is 24.6 Å². The molecule has 7 heteroatoms. The molecule has 2 aromatic carbocycles. The summed E-state index contributed by atoms with van der Waals surface area (Å²) in [5.41, 5.74) is 0.623. The molecule has 1 saturated carbocycles. The molecule has 2 aliphatic rings. The van der Waals surface area contributed by atoms with Crippen molar-refractivity contribution in [2.75, 3.05) is 0 Å². The van der Waals surface area contributed by atoms with Crippen molar-refractivity contribution in [1.29, 1.82) is 0 Å². The summed E-state index contributed by atoms with van der Waals surface area (Å²) in [6, 6.07) is 14.0. The number of alkyl halides is 1. The van der Waals surface area contributed by atoms with E-state index in [0.717, 1.165) is 12.5 Å². The highest BCUT2D eigenvalue weighted by molar-refractivity contribution is 6.38. The van der Waals surface area contributed by atoms with E-state index < -0.39 is 40.2 Å². The Bertz CT molecular complexity index is 1000. The van der Waals surface area contributed by atoms with Crippen LogP contribution in [0, 0.1) is 5.92 Å². The predicted octanol–water partition coefficient (Wildman–Crippen LogP) is 2.99. The molecule has 0 saturated heterocycles. The maximum Gasteiger partial charge on any atom is 0.330 e. The molecule has 0 spiro atoms. The Morgan fingerprint density at radius 2 is 1.59 bits per heavy atom. The molecule has 138 valence electrons. The Balaban J connectivity index is 2.13. The van der Waals surface area contributed by atoms with Crippen molar-refractivity contribution in [3.63, 3.8) is 0 Å². The number of fused-ring (bicyclic) bond motifs is 6. The number of aliphatic carboxylic acids is 2. The predicted molar refractivity (Wildman–Crippen MR) is 95.4 cm³/mol. The standard InChI is InChI=1S/C20H15ClO6/c1-10(22)27-20-14-9-5-4-7-12(14)11-6-2-3-8-13(11)15(20)16(17(23)24)19(20,21)18(25)26/h2-9,15-16H,1H3,(H,23,24)(H,25,26)/t15?,16?,19?,20-/m1/s1. The minimum absolute atomic E-state index is 0.402. The molecule has 0 aromatic heterocycles. The number of benzene rings is 2. The van der Waals surface area contributed by atoms with Crippen molar-refractivity contribution in [2.45, 2.75) is 23.3 Å². The summed E-state index contributed by atoms with van der Waals surface area (Å²) < 4.78 is 5.60. The zero-order chi connectivity index (χ0) is 19.6. The van der Waals surface area contributed by atoms with Crippen LogP contribution in [-0.4, -0.2) is 33.0 Å². The molecule has 2 aromatic rings. The summed E-state index contributed by atoms with van der Waals surface area (Å²) in [4.78, 5) is 33.9. The highest BCUT2D eigenvalue weighted by Crippen LogP contribution is 2.72. The number of carbonyl (C=O) groups excluding carboxylic acids is 1. The fourth-order valence-corrected chi connectivity index (χ4v) is 5.14. The molecule has 0 aliphatic heterocycles.